The summed E-state index contributed by atoms with van der Waals surface area (Å²) < 4.78 is 7.68. The maximum atomic E-state index is 6.49. The zero-order valence-corrected chi connectivity index (χ0v) is 18.1. The van der Waals surface area contributed by atoms with Gasteiger partial charge in [-0.25, -0.2) is 0 Å². The predicted molar refractivity (Wildman–Crippen MR) is 119 cm³/mol. The Kier molecular flexibility index (Phi) is 7.56. The van der Waals surface area contributed by atoms with Gasteiger partial charge in [-0.2, -0.15) is 0 Å². The average Bonchev–Trinajstić information content (AvgIpc) is 2.68. The van der Waals surface area contributed by atoms with E-state index in [0.717, 1.165) is 25.3 Å². The van der Waals surface area contributed by atoms with Gasteiger partial charge in [-0.1, -0.05) is 61.9 Å². The minimum atomic E-state index is 0.539. The molecule has 0 saturated carbocycles. The van der Waals surface area contributed by atoms with Crippen molar-refractivity contribution in [2.24, 2.45) is 0 Å². The van der Waals surface area contributed by atoms with Gasteiger partial charge in [-0.15, -0.1) is 0 Å². The molecule has 0 aromatic heterocycles. The van der Waals surface area contributed by atoms with Gasteiger partial charge in [0.15, 0.2) is 0 Å². The van der Waals surface area contributed by atoms with E-state index in [1.54, 1.807) is 0 Å². The summed E-state index contributed by atoms with van der Waals surface area (Å²) in [6.45, 7) is 11.2. The highest BCUT2D eigenvalue weighted by molar-refractivity contribution is 5.39. The average molecular weight is 381 g/mol. The Hall–Kier alpha value is -1.80. The maximum absolute atomic E-state index is 6.49. The van der Waals surface area contributed by atoms with Crippen molar-refractivity contribution in [1.82, 2.24) is 0 Å². The van der Waals surface area contributed by atoms with Crippen LogP contribution >= 0.6 is 0 Å². The first-order valence-electron chi connectivity index (χ1n) is 11.2. The third kappa shape index (κ3) is 5.17. The van der Waals surface area contributed by atoms with Crippen LogP contribution in [0.5, 0.6) is 5.75 Å². The van der Waals surface area contributed by atoms with Gasteiger partial charge in [0.05, 0.1) is 13.1 Å². The molecular formula is C26H38NO+. The smallest absolute Gasteiger partial charge is 0.140 e. The number of ether oxygens (including phenoxy) is 1. The van der Waals surface area contributed by atoms with Gasteiger partial charge >= 0.3 is 0 Å². The molecule has 0 N–H and O–H groups in total. The highest BCUT2D eigenvalue weighted by Crippen LogP contribution is 2.29. The number of likely N-dealkylation sites (tertiary alicyclic amines) is 1. The van der Waals surface area contributed by atoms with Crippen molar-refractivity contribution in [1.29, 1.82) is 0 Å². The molecule has 0 spiro atoms. The standard InChI is InChI=1S/C26H38NO/c1-4-25(21-28-26-22(2)14-13-15-23(26)3)27(18-11-6-5-7-12-19-27)20-24-16-9-8-10-17-24/h8-10,13-17,25H,4-7,11-12,18-21H2,1-3H3/q+1. The minimum Gasteiger partial charge on any atom is -0.487 e. The van der Waals surface area contributed by atoms with Crippen LogP contribution in [-0.2, 0) is 6.54 Å². The van der Waals surface area contributed by atoms with E-state index in [1.807, 2.05) is 0 Å². The van der Waals surface area contributed by atoms with Gasteiger partial charge in [-0.05, 0) is 50.7 Å². The van der Waals surface area contributed by atoms with Gasteiger partial charge in [0.2, 0.25) is 0 Å². The molecule has 1 aliphatic heterocycles. The Morgan fingerprint density at radius 3 is 2.04 bits per heavy atom. The number of quaternary nitrogens is 1. The summed E-state index contributed by atoms with van der Waals surface area (Å²) >= 11 is 0. The first kappa shape index (κ1) is 20.9. The van der Waals surface area contributed by atoms with E-state index in [0.29, 0.717) is 6.04 Å². The fourth-order valence-corrected chi connectivity index (χ4v) is 4.96. The number of para-hydroxylation sites is 1. The number of aryl methyl sites for hydroxylation is 2. The van der Waals surface area contributed by atoms with Gasteiger partial charge < -0.3 is 9.22 Å². The lowest BCUT2D eigenvalue weighted by molar-refractivity contribution is -0.964. The SMILES string of the molecule is CCC(COc1c(C)cccc1C)[N+]1(Cc2ccccc2)CCCCCCC1. The van der Waals surface area contributed by atoms with E-state index in [2.05, 4.69) is 69.3 Å². The monoisotopic (exact) mass is 380 g/mol. The quantitative estimate of drug-likeness (QED) is 0.502. The zero-order chi connectivity index (χ0) is 19.8. The minimum absolute atomic E-state index is 0.539. The lowest BCUT2D eigenvalue weighted by Gasteiger charge is -2.46. The van der Waals surface area contributed by atoms with Crippen molar-refractivity contribution in [2.75, 3.05) is 19.7 Å². The zero-order valence-electron chi connectivity index (χ0n) is 18.1. The lowest BCUT2D eigenvalue weighted by Crippen LogP contribution is -2.58. The van der Waals surface area contributed by atoms with E-state index in [4.69, 9.17) is 4.74 Å². The van der Waals surface area contributed by atoms with Crippen molar-refractivity contribution >= 4 is 0 Å². The molecule has 1 atom stereocenters. The summed E-state index contributed by atoms with van der Waals surface area (Å²) in [4.78, 5) is 0. The second kappa shape index (κ2) is 10.1. The molecule has 28 heavy (non-hydrogen) atoms. The summed E-state index contributed by atoms with van der Waals surface area (Å²) in [6.07, 6.45) is 8.00. The molecule has 152 valence electrons. The fraction of sp³-hybridized carbons (Fsp3) is 0.538. The number of nitrogens with zero attached hydrogens (tertiary/aromatic N) is 1. The first-order valence-corrected chi connectivity index (χ1v) is 11.2. The summed E-state index contributed by atoms with van der Waals surface area (Å²) in [6, 6.07) is 18.1. The van der Waals surface area contributed by atoms with Crippen molar-refractivity contribution < 1.29 is 9.22 Å². The highest BCUT2D eigenvalue weighted by atomic mass is 16.5. The van der Waals surface area contributed by atoms with Crippen LogP contribution in [0.25, 0.3) is 0 Å². The largest absolute Gasteiger partial charge is 0.487 e. The van der Waals surface area contributed by atoms with Crippen LogP contribution in [0.3, 0.4) is 0 Å². The first-order chi connectivity index (χ1) is 13.6. The van der Waals surface area contributed by atoms with Crippen LogP contribution in [0.1, 0.15) is 62.1 Å². The summed E-state index contributed by atoms with van der Waals surface area (Å²) in [7, 11) is 0. The van der Waals surface area contributed by atoms with Crippen LogP contribution in [-0.4, -0.2) is 30.2 Å². The molecule has 1 fully saturated rings. The topological polar surface area (TPSA) is 9.23 Å². The molecule has 3 rings (SSSR count). The number of hydrogen-bond acceptors (Lipinski definition) is 1. The van der Waals surface area contributed by atoms with Gasteiger partial charge in [0.25, 0.3) is 0 Å². The summed E-state index contributed by atoms with van der Waals surface area (Å²) in [5.74, 6) is 1.09. The molecule has 2 heteroatoms. The fourth-order valence-electron chi connectivity index (χ4n) is 4.96. The molecular weight excluding hydrogens is 342 g/mol. The van der Waals surface area contributed by atoms with Gasteiger partial charge in [0.1, 0.15) is 24.9 Å². The van der Waals surface area contributed by atoms with Gasteiger partial charge in [0, 0.05) is 12.0 Å². The third-order valence-electron chi connectivity index (χ3n) is 6.62. The lowest BCUT2D eigenvalue weighted by atomic mass is 10.00. The van der Waals surface area contributed by atoms with E-state index >= 15 is 0 Å². The normalized spacial score (nSPS) is 18.1. The van der Waals surface area contributed by atoms with Gasteiger partial charge in [-0.3, -0.25) is 0 Å². The van der Waals surface area contributed by atoms with E-state index in [9.17, 15) is 0 Å². The van der Waals surface area contributed by atoms with Crippen LogP contribution < -0.4 is 4.74 Å². The van der Waals surface area contributed by atoms with Crippen LogP contribution in [0, 0.1) is 13.8 Å². The molecule has 1 saturated heterocycles. The maximum Gasteiger partial charge on any atom is 0.140 e. The third-order valence-corrected chi connectivity index (χ3v) is 6.62. The van der Waals surface area contributed by atoms with Crippen molar-refractivity contribution in [3.8, 4) is 5.75 Å². The molecule has 1 unspecified atom stereocenters. The Bertz CT molecular complexity index is 696. The number of benzene rings is 2. The Balaban J connectivity index is 1.83. The predicted octanol–water partition coefficient (Wildman–Crippen LogP) is 6.44. The molecule has 2 aromatic carbocycles. The van der Waals surface area contributed by atoms with Crippen LogP contribution in [0.4, 0.5) is 0 Å². The van der Waals surface area contributed by atoms with Crippen LogP contribution in [0.15, 0.2) is 48.5 Å². The van der Waals surface area contributed by atoms with E-state index in [1.165, 1.54) is 66.4 Å². The highest BCUT2D eigenvalue weighted by Gasteiger charge is 2.36. The summed E-state index contributed by atoms with van der Waals surface area (Å²) in [5.41, 5.74) is 3.96. The molecule has 2 nitrogen and oxygen atoms in total. The Morgan fingerprint density at radius 2 is 1.43 bits per heavy atom. The molecule has 2 aromatic rings. The number of rotatable bonds is 7. The molecule has 1 aliphatic rings. The molecule has 1 heterocycles. The molecule has 0 bridgehead atoms. The number of hydrogen-bond donors (Lipinski definition) is 0. The molecule has 0 amide bonds. The Morgan fingerprint density at radius 1 is 0.821 bits per heavy atom. The van der Waals surface area contributed by atoms with Crippen LogP contribution in [0.2, 0.25) is 0 Å². The second-order valence-corrected chi connectivity index (χ2v) is 8.67. The van der Waals surface area contributed by atoms with E-state index < -0.39 is 0 Å². The Labute approximate surface area is 172 Å². The second-order valence-electron chi connectivity index (χ2n) is 8.67. The molecule has 0 radical (unpaired) electrons. The van der Waals surface area contributed by atoms with Crippen molar-refractivity contribution in [2.45, 2.75) is 71.9 Å². The van der Waals surface area contributed by atoms with Crippen molar-refractivity contribution in [3.05, 3.63) is 65.2 Å². The molecule has 0 aliphatic carbocycles. The van der Waals surface area contributed by atoms with Crippen molar-refractivity contribution in [3.63, 3.8) is 0 Å². The summed E-state index contributed by atoms with van der Waals surface area (Å²) in [5, 5.41) is 0. The van der Waals surface area contributed by atoms with E-state index in [-0.39, 0.29) is 0 Å².